The monoisotopic (exact) mass is 306 g/mol. The first-order valence-electron chi connectivity index (χ1n) is 6.92. The maximum absolute atomic E-state index is 12.1. The number of hydrogen-bond donors (Lipinski definition) is 2. The molecule has 2 N–H and O–H groups in total. The number of carbonyl (C=O) groups excluding carboxylic acids is 1. The molecule has 22 heavy (non-hydrogen) atoms. The molecule has 1 aliphatic carbocycles. The average molecular weight is 306 g/mol. The Morgan fingerprint density at radius 1 is 1.32 bits per heavy atom. The third-order valence-electron chi connectivity index (χ3n) is 3.78. The minimum Gasteiger partial charge on any atom is -0.480 e. The zero-order valence-electron chi connectivity index (χ0n) is 12.7. The molecule has 0 atom stereocenters. The van der Waals surface area contributed by atoms with Gasteiger partial charge in [-0.15, -0.1) is 0 Å². The normalized spacial score (nSPS) is 16.0. The first-order chi connectivity index (χ1) is 10.1. The molecule has 0 heterocycles. The molecule has 0 spiro atoms. The SMILES string of the molecule is CC(C)(C)c1ccc(C(=O)NC2(C(=O)O)CC2)cc1[N+](=O)[O-]. The second kappa shape index (κ2) is 5.08. The van der Waals surface area contributed by atoms with E-state index in [2.05, 4.69) is 5.32 Å². The topological polar surface area (TPSA) is 110 Å². The molecule has 0 radical (unpaired) electrons. The van der Waals surface area contributed by atoms with Gasteiger partial charge in [0.05, 0.1) is 4.92 Å². The van der Waals surface area contributed by atoms with E-state index in [1.54, 1.807) is 6.07 Å². The fraction of sp³-hybridized carbons (Fsp3) is 0.467. The van der Waals surface area contributed by atoms with E-state index in [1.165, 1.54) is 12.1 Å². The molecule has 0 bridgehead atoms. The summed E-state index contributed by atoms with van der Waals surface area (Å²) in [5.74, 6) is -1.69. The standard InChI is InChI=1S/C15H18N2O5/c1-14(2,3)10-5-4-9(8-11(10)17(21)22)12(18)16-15(6-7-15)13(19)20/h4-5,8H,6-7H2,1-3H3,(H,16,18)(H,19,20). The van der Waals surface area contributed by atoms with Gasteiger partial charge < -0.3 is 10.4 Å². The number of nitrogens with one attached hydrogen (secondary N) is 1. The van der Waals surface area contributed by atoms with Crippen molar-refractivity contribution in [2.45, 2.75) is 44.6 Å². The number of aliphatic carboxylic acids is 1. The Hall–Kier alpha value is -2.44. The van der Waals surface area contributed by atoms with Crippen molar-refractivity contribution in [1.82, 2.24) is 5.32 Å². The molecule has 0 saturated heterocycles. The molecule has 1 aliphatic rings. The van der Waals surface area contributed by atoms with Crippen LogP contribution >= 0.6 is 0 Å². The van der Waals surface area contributed by atoms with Crippen molar-refractivity contribution in [2.24, 2.45) is 0 Å². The Morgan fingerprint density at radius 2 is 1.91 bits per heavy atom. The van der Waals surface area contributed by atoms with Crippen LogP contribution in [0.1, 0.15) is 49.5 Å². The summed E-state index contributed by atoms with van der Waals surface area (Å²) in [6.45, 7) is 5.54. The van der Waals surface area contributed by atoms with Gasteiger partial charge in [-0.25, -0.2) is 4.79 Å². The lowest BCUT2D eigenvalue weighted by atomic mass is 9.85. The molecule has 118 valence electrons. The predicted octanol–water partition coefficient (Wildman–Crippen LogP) is 2.24. The number of nitro benzene ring substituents is 1. The lowest BCUT2D eigenvalue weighted by Crippen LogP contribution is -2.43. The van der Waals surface area contributed by atoms with Crippen LogP contribution in [-0.2, 0) is 10.2 Å². The summed E-state index contributed by atoms with van der Waals surface area (Å²) in [4.78, 5) is 33.9. The van der Waals surface area contributed by atoms with Crippen molar-refractivity contribution in [3.63, 3.8) is 0 Å². The molecule has 1 amide bonds. The lowest BCUT2D eigenvalue weighted by molar-refractivity contribution is -0.386. The first kappa shape index (κ1) is 15.9. The van der Waals surface area contributed by atoms with Crippen molar-refractivity contribution in [3.8, 4) is 0 Å². The highest BCUT2D eigenvalue weighted by Crippen LogP contribution is 2.36. The van der Waals surface area contributed by atoms with Crippen LogP contribution in [0, 0.1) is 10.1 Å². The lowest BCUT2D eigenvalue weighted by Gasteiger charge is -2.19. The highest BCUT2D eigenvalue weighted by molar-refractivity contribution is 5.99. The number of carboxylic acids is 1. The van der Waals surface area contributed by atoms with Gasteiger partial charge in [0.25, 0.3) is 11.6 Å². The minimum absolute atomic E-state index is 0.0900. The fourth-order valence-corrected chi connectivity index (χ4v) is 2.26. The van der Waals surface area contributed by atoms with Gasteiger partial charge in [-0.05, 0) is 24.3 Å². The number of carboxylic acid groups (broad SMARTS) is 1. The summed E-state index contributed by atoms with van der Waals surface area (Å²) in [6, 6.07) is 4.24. The molecular weight excluding hydrogens is 288 g/mol. The molecule has 0 aliphatic heterocycles. The third-order valence-corrected chi connectivity index (χ3v) is 3.78. The molecule has 1 aromatic rings. The maximum Gasteiger partial charge on any atom is 0.329 e. The molecule has 7 heteroatoms. The number of benzene rings is 1. The largest absolute Gasteiger partial charge is 0.480 e. The highest BCUT2D eigenvalue weighted by Gasteiger charge is 2.51. The zero-order valence-corrected chi connectivity index (χ0v) is 12.7. The number of hydrogen-bond acceptors (Lipinski definition) is 4. The van der Waals surface area contributed by atoms with Crippen LogP contribution in [-0.4, -0.2) is 27.4 Å². The van der Waals surface area contributed by atoms with Crippen LogP contribution in [0.25, 0.3) is 0 Å². The number of amides is 1. The van der Waals surface area contributed by atoms with E-state index < -0.39 is 27.8 Å². The quantitative estimate of drug-likeness (QED) is 0.655. The van der Waals surface area contributed by atoms with E-state index in [0.29, 0.717) is 18.4 Å². The van der Waals surface area contributed by atoms with Crippen molar-refractivity contribution in [3.05, 3.63) is 39.4 Å². The predicted molar refractivity (Wildman–Crippen MR) is 78.9 cm³/mol. The van der Waals surface area contributed by atoms with Crippen LogP contribution in [0.5, 0.6) is 0 Å². The van der Waals surface area contributed by atoms with Crippen molar-refractivity contribution >= 4 is 17.6 Å². The van der Waals surface area contributed by atoms with Crippen LogP contribution in [0.15, 0.2) is 18.2 Å². The van der Waals surface area contributed by atoms with Gasteiger partial charge >= 0.3 is 5.97 Å². The van der Waals surface area contributed by atoms with Gasteiger partial charge in [-0.2, -0.15) is 0 Å². The first-order valence-corrected chi connectivity index (χ1v) is 6.92. The summed E-state index contributed by atoms with van der Waals surface area (Å²) in [5, 5.41) is 22.7. The smallest absolute Gasteiger partial charge is 0.329 e. The maximum atomic E-state index is 12.1. The van der Waals surface area contributed by atoms with Crippen LogP contribution in [0.3, 0.4) is 0 Å². The summed E-state index contributed by atoms with van der Waals surface area (Å²) in [5.41, 5.74) is -1.17. The number of nitro groups is 1. The van der Waals surface area contributed by atoms with Gasteiger partial charge in [0.2, 0.25) is 0 Å². The second-order valence-electron chi connectivity index (χ2n) is 6.58. The van der Waals surface area contributed by atoms with Crippen LogP contribution in [0.2, 0.25) is 0 Å². The molecule has 7 nitrogen and oxygen atoms in total. The average Bonchev–Trinajstić information content (AvgIpc) is 3.17. The zero-order chi connectivity index (χ0) is 16.7. The second-order valence-corrected chi connectivity index (χ2v) is 6.58. The van der Waals surface area contributed by atoms with Crippen molar-refractivity contribution in [1.29, 1.82) is 0 Å². The van der Waals surface area contributed by atoms with E-state index in [0.717, 1.165) is 0 Å². The van der Waals surface area contributed by atoms with E-state index in [1.807, 2.05) is 20.8 Å². The Morgan fingerprint density at radius 3 is 2.32 bits per heavy atom. The molecule has 0 aromatic heterocycles. The summed E-state index contributed by atoms with van der Waals surface area (Å²) < 4.78 is 0. The van der Waals surface area contributed by atoms with E-state index in [-0.39, 0.29) is 11.3 Å². The summed E-state index contributed by atoms with van der Waals surface area (Å²) >= 11 is 0. The molecule has 2 rings (SSSR count). The molecule has 1 aromatic carbocycles. The highest BCUT2D eigenvalue weighted by atomic mass is 16.6. The van der Waals surface area contributed by atoms with E-state index >= 15 is 0 Å². The molecule has 1 fully saturated rings. The molecule has 1 saturated carbocycles. The van der Waals surface area contributed by atoms with Gasteiger partial charge in [0.1, 0.15) is 5.54 Å². The van der Waals surface area contributed by atoms with Gasteiger partial charge in [-0.3, -0.25) is 14.9 Å². The Kier molecular flexibility index (Phi) is 3.68. The molecule has 0 unspecified atom stereocenters. The Bertz CT molecular complexity index is 656. The third kappa shape index (κ3) is 2.93. The van der Waals surface area contributed by atoms with Gasteiger partial charge in [-0.1, -0.05) is 26.8 Å². The van der Waals surface area contributed by atoms with Gasteiger partial charge in [0, 0.05) is 17.2 Å². The van der Waals surface area contributed by atoms with E-state index in [4.69, 9.17) is 5.11 Å². The minimum atomic E-state index is -1.21. The number of rotatable bonds is 4. The van der Waals surface area contributed by atoms with Crippen LogP contribution in [0.4, 0.5) is 5.69 Å². The number of nitrogens with zero attached hydrogens (tertiary/aromatic N) is 1. The Labute approximate surface area is 127 Å². The summed E-state index contributed by atoms with van der Waals surface area (Å²) in [7, 11) is 0. The van der Waals surface area contributed by atoms with Crippen molar-refractivity contribution in [2.75, 3.05) is 0 Å². The Balaban J connectivity index is 2.33. The van der Waals surface area contributed by atoms with Crippen molar-refractivity contribution < 1.29 is 19.6 Å². The van der Waals surface area contributed by atoms with Crippen LogP contribution < -0.4 is 5.32 Å². The van der Waals surface area contributed by atoms with Gasteiger partial charge in [0.15, 0.2) is 0 Å². The number of carbonyl (C=O) groups is 2. The van der Waals surface area contributed by atoms with E-state index in [9.17, 15) is 19.7 Å². The molecular formula is C15H18N2O5. The summed E-state index contributed by atoms with van der Waals surface area (Å²) in [6.07, 6.45) is 0.743. The fourth-order valence-electron chi connectivity index (χ4n) is 2.26.